The number of hydrogen-bond acceptors (Lipinski definition) is 2. The molecule has 1 heterocycles. The molecule has 1 aliphatic rings. The molecule has 2 rings (SSSR count). The molecule has 1 N–H and O–H groups in total. The first-order valence-electron chi connectivity index (χ1n) is 5.85. The van der Waals surface area contributed by atoms with Crippen LogP contribution in [0.4, 0.5) is 5.69 Å². The van der Waals surface area contributed by atoms with Gasteiger partial charge in [-0.2, -0.15) is 0 Å². The molecule has 18 heavy (non-hydrogen) atoms. The molecule has 1 saturated heterocycles. The molecule has 1 fully saturated rings. The Labute approximate surface area is 111 Å². The zero-order valence-electron chi connectivity index (χ0n) is 10.1. The molecule has 1 unspecified atom stereocenters. The Hall–Kier alpha value is -1.55. The van der Waals surface area contributed by atoms with E-state index in [0.29, 0.717) is 13.0 Å². The Morgan fingerprint density at radius 2 is 2.11 bits per heavy atom. The van der Waals surface area contributed by atoms with Crippen molar-refractivity contribution < 1.29 is 9.59 Å². The lowest BCUT2D eigenvalue weighted by Crippen LogP contribution is -2.42. The number of benzene rings is 1. The maximum Gasteiger partial charge on any atom is 0.249 e. The van der Waals surface area contributed by atoms with Gasteiger partial charge in [0.25, 0.3) is 0 Å². The summed E-state index contributed by atoms with van der Waals surface area (Å²) in [6, 6.07) is 7.32. The van der Waals surface area contributed by atoms with Crippen LogP contribution in [0, 0.1) is 6.92 Å². The second-order valence-corrected chi connectivity index (χ2v) is 4.64. The third-order valence-corrected chi connectivity index (χ3v) is 3.25. The van der Waals surface area contributed by atoms with Gasteiger partial charge in [-0.05, 0) is 25.5 Å². The van der Waals surface area contributed by atoms with Crippen LogP contribution >= 0.6 is 11.6 Å². The van der Waals surface area contributed by atoms with Crippen molar-refractivity contribution in [3.8, 4) is 0 Å². The minimum Gasteiger partial charge on any atom is -0.343 e. The number of carbonyl (C=O) groups is 2. The van der Waals surface area contributed by atoms with Crippen molar-refractivity contribution in [3.63, 3.8) is 0 Å². The van der Waals surface area contributed by atoms with Crippen LogP contribution in [0.15, 0.2) is 24.3 Å². The molecule has 5 heteroatoms. The van der Waals surface area contributed by atoms with Gasteiger partial charge >= 0.3 is 0 Å². The Morgan fingerprint density at radius 1 is 1.44 bits per heavy atom. The highest BCUT2D eigenvalue weighted by atomic mass is 35.5. The Balaban J connectivity index is 2.07. The average molecular weight is 267 g/mol. The summed E-state index contributed by atoms with van der Waals surface area (Å²) in [5, 5.41) is 2.63. The summed E-state index contributed by atoms with van der Waals surface area (Å²) in [4.78, 5) is 25.0. The minimum atomic E-state index is -0.447. The highest BCUT2D eigenvalue weighted by Crippen LogP contribution is 2.21. The SMILES string of the molecule is Cc1ccc(N2CCC(NC(=O)CCl)C2=O)cc1. The Morgan fingerprint density at radius 3 is 2.72 bits per heavy atom. The number of anilines is 1. The second kappa shape index (κ2) is 5.40. The van der Waals surface area contributed by atoms with Crippen LogP contribution in [-0.4, -0.2) is 30.3 Å². The van der Waals surface area contributed by atoms with E-state index in [1.807, 2.05) is 31.2 Å². The van der Waals surface area contributed by atoms with Gasteiger partial charge in [-0.15, -0.1) is 11.6 Å². The number of halogens is 1. The van der Waals surface area contributed by atoms with Gasteiger partial charge in [-0.25, -0.2) is 0 Å². The van der Waals surface area contributed by atoms with Crippen LogP contribution in [0.1, 0.15) is 12.0 Å². The molecule has 0 saturated carbocycles. The lowest BCUT2D eigenvalue weighted by molar-refractivity contribution is -0.125. The highest BCUT2D eigenvalue weighted by Gasteiger charge is 2.33. The number of nitrogens with one attached hydrogen (secondary N) is 1. The quantitative estimate of drug-likeness (QED) is 0.842. The molecule has 1 aromatic carbocycles. The van der Waals surface area contributed by atoms with E-state index in [9.17, 15) is 9.59 Å². The monoisotopic (exact) mass is 266 g/mol. The van der Waals surface area contributed by atoms with Crippen LogP contribution in [0.3, 0.4) is 0 Å². The summed E-state index contributed by atoms with van der Waals surface area (Å²) < 4.78 is 0. The molecule has 96 valence electrons. The van der Waals surface area contributed by atoms with E-state index >= 15 is 0 Å². The van der Waals surface area contributed by atoms with Crippen molar-refractivity contribution in [2.45, 2.75) is 19.4 Å². The van der Waals surface area contributed by atoms with E-state index in [-0.39, 0.29) is 17.7 Å². The van der Waals surface area contributed by atoms with Crippen molar-refractivity contribution >= 4 is 29.1 Å². The smallest absolute Gasteiger partial charge is 0.249 e. The number of alkyl halides is 1. The van der Waals surface area contributed by atoms with Crippen LogP contribution < -0.4 is 10.2 Å². The summed E-state index contributed by atoms with van der Waals surface area (Å²) >= 11 is 5.41. The lowest BCUT2D eigenvalue weighted by Gasteiger charge is -2.17. The Bertz CT molecular complexity index is 459. The normalized spacial score (nSPS) is 19.1. The lowest BCUT2D eigenvalue weighted by atomic mass is 10.2. The Kier molecular flexibility index (Phi) is 3.87. The van der Waals surface area contributed by atoms with Gasteiger partial charge in [0.15, 0.2) is 0 Å². The summed E-state index contributed by atoms with van der Waals surface area (Å²) in [6.45, 7) is 2.62. The van der Waals surface area contributed by atoms with E-state index in [1.165, 1.54) is 0 Å². The second-order valence-electron chi connectivity index (χ2n) is 4.37. The van der Waals surface area contributed by atoms with E-state index in [1.54, 1.807) is 4.90 Å². The van der Waals surface area contributed by atoms with E-state index in [0.717, 1.165) is 11.3 Å². The molecule has 1 aliphatic heterocycles. The largest absolute Gasteiger partial charge is 0.343 e. The van der Waals surface area contributed by atoms with Gasteiger partial charge in [-0.1, -0.05) is 17.7 Å². The first kappa shape index (κ1) is 12.9. The summed E-state index contributed by atoms with van der Waals surface area (Å²) in [7, 11) is 0. The number of rotatable bonds is 3. The van der Waals surface area contributed by atoms with Gasteiger partial charge in [-0.3, -0.25) is 9.59 Å². The van der Waals surface area contributed by atoms with Crippen molar-refractivity contribution in [3.05, 3.63) is 29.8 Å². The van der Waals surface area contributed by atoms with Crippen LogP contribution in [0.2, 0.25) is 0 Å². The maximum absolute atomic E-state index is 12.1. The molecule has 1 aromatic rings. The first-order chi connectivity index (χ1) is 8.61. The molecule has 0 aliphatic carbocycles. The molecule has 0 bridgehead atoms. The zero-order chi connectivity index (χ0) is 13.1. The fourth-order valence-corrected chi connectivity index (χ4v) is 2.10. The predicted molar refractivity (Wildman–Crippen MR) is 70.8 cm³/mol. The fourth-order valence-electron chi connectivity index (χ4n) is 2.03. The van der Waals surface area contributed by atoms with Gasteiger partial charge in [0, 0.05) is 12.2 Å². The maximum atomic E-state index is 12.1. The van der Waals surface area contributed by atoms with Crippen molar-refractivity contribution in [1.29, 1.82) is 0 Å². The summed E-state index contributed by atoms with van der Waals surface area (Å²) in [5.74, 6) is -0.494. The zero-order valence-corrected chi connectivity index (χ0v) is 10.9. The molecule has 1 atom stereocenters. The molecule has 0 aromatic heterocycles. The van der Waals surface area contributed by atoms with Crippen LogP contribution in [0.5, 0.6) is 0 Å². The van der Waals surface area contributed by atoms with Crippen LogP contribution in [-0.2, 0) is 9.59 Å². The molecule has 0 spiro atoms. The first-order valence-corrected chi connectivity index (χ1v) is 6.38. The predicted octanol–water partition coefficient (Wildman–Crippen LogP) is 1.46. The molecular weight excluding hydrogens is 252 g/mol. The standard InChI is InChI=1S/C13H15ClN2O2/c1-9-2-4-10(5-3-9)16-7-6-11(13(16)18)15-12(17)8-14/h2-5,11H,6-8H2,1H3,(H,15,17). The highest BCUT2D eigenvalue weighted by molar-refractivity contribution is 6.27. The summed E-state index contributed by atoms with van der Waals surface area (Å²) in [6.07, 6.45) is 0.620. The van der Waals surface area contributed by atoms with Gasteiger partial charge in [0.05, 0.1) is 0 Å². The van der Waals surface area contributed by atoms with Crippen molar-refractivity contribution in [2.24, 2.45) is 0 Å². The van der Waals surface area contributed by atoms with Gasteiger partial charge < -0.3 is 10.2 Å². The van der Waals surface area contributed by atoms with E-state index in [2.05, 4.69) is 5.32 Å². The number of nitrogens with zero attached hydrogens (tertiary/aromatic N) is 1. The molecular formula is C13H15ClN2O2. The molecule has 4 nitrogen and oxygen atoms in total. The van der Waals surface area contributed by atoms with Gasteiger partial charge in [0.1, 0.15) is 11.9 Å². The number of aryl methyl sites for hydroxylation is 1. The van der Waals surface area contributed by atoms with Crippen molar-refractivity contribution in [2.75, 3.05) is 17.3 Å². The third-order valence-electron chi connectivity index (χ3n) is 3.01. The number of amides is 2. The topological polar surface area (TPSA) is 49.4 Å². The average Bonchev–Trinajstić information content (AvgIpc) is 2.72. The van der Waals surface area contributed by atoms with Crippen LogP contribution in [0.25, 0.3) is 0 Å². The minimum absolute atomic E-state index is 0.0719. The fraction of sp³-hybridized carbons (Fsp3) is 0.385. The molecule has 0 radical (unpaired) electrons. The summed E-state index contributed by atoms with van der Waals surface area (Å²) in [5.41, 5.74) is 2.02. The van der Waals surface area contributed by atoms with Gasteiger partial charge in [0.2, 0.25) is 11.8 Å². The number of hydrogen-bond donors (Lipinski definition) is 1. The van der Waals surface area contributed by atoms with E-state index < -0.39 is 6.04 Å². The van der Waals surface area contributed by atoms with Crippen molar-refractivity contribution in [1.82, 2.24) is 5.32 Å². The third kappa shape index (κ3) is 2.64. The molecule has 2 amide bonds. The van der Waals surface area contributed by atoms with E-state index in [4.69, 9.17) is 11.6 Å². The number of carbonyl (C=O) groups excluding carboxylic acids is 2.